The third-order valence-electron chi connectivity index (χ3n) is 12.9. The smallest absolute Gasteiger partial charge is 0.255 e. The van der Waals surface area contributed by atoms with Gasteiger partial charge in [0.15, 0.2) is 16.7 Å². The molecular weight excluding hydrogens is 889 g/mol. The van der Waals surface area contributed by atoms with Crippen LogP contribution in [-0.4, -0.2) is 113 Å². The number of hydrogen-bond donors (Lipinski definition) is 5. The summed E-state index contributed by atoms with van der Waals surface area (Å²) in [4.78, 5) is 77.3. The number of carbonyl (C=O) groups is 5. The van der Waals surface area contributed by atoms with Crippen molar-refractivity contribution in [2.45, 2.75) is 88.9 Å². The topological polar surface area (TPSA) is 196 Å². The summed E-state index contributed by atoms with van der Waals surface area (Å²) in [5.41, 5.74) is 1.73. The number of nitrogens with zero attached hydrogens (tertiary/aromatic N) is 4. The highest BCUT2D eigenvalue weighted by atomic mass is 35.5. The molecule has 1 aliphatic carbocycles. The number of carbonyl (C=O) groups excluding carboxylic acids is 5. The van der Waals surface area contributed by atoms with E-state index in [1.165, 1.54) is 22.3 Å². The molecule has 16 nitrogen and oxygen atoms in total. The maximum atomic E-state index is 14.7. The number of aromatic nitrogens is 2. The minimum Gasteiger partial charge on any atom is -0.487 e. The number of amides is 5. The van der Waals surface area contributed by atoms with E-state index in [1.807, 2.05) is 23.6 Å². The Bertz CT molecular complexity index is 2380. The summed E-state index contributed by atoms with van der Waals surface area (Å²) >= 11 is 7.50. The summed E-state index contributed by atoms with van der Waals surface area (Å²) < 4.78 is 26.7. The number of thiazole rings is 1. The SMILES string of the molecule is O=C1CCC(N2Cc3c(NC(=O)CCNCCOCCN4CCC(NC(=O)C5(Cc6cccc(Nc7nccs7)n6)CCC(Oc6cccc(Cl)c6F)CC5)CC4)cccc3C2=O)C(=O)N1. The molecule has 2 aromatic heterocycles. The molecule has 4 aliphatic rings. The third kappa shape index (κ3) is 11.7. The van der Waals surface area contributed by atoms with Gasteiger partial charge in [-0.1, -0.05) is 29.8 Å². The van der Waals surface area contributed by atoms with Crippen LogP contribution in [0.4, 0.5) is 21.0 Å². The molecule has 5 N–H and O–H groups in total. The van der Waals surface area contributed by atoms with Gasteiger partial charge in [-0.25, -0.2) is 14.4 Å². The van der Waals surface area contributed by atoms with Gasteiger partial charge in [-0.3, -0.25) is 29.3 Å². The number of pyridine rings is 1. The van der Waals surface area contributed by atoms with E-state index in [0.29, 0.717) is 81.0 Å². The summed E-state index contributed by atoms with van der Waals surface area (Å²) in [7, 11) is 0. The van der Waals surface area contributed by atoms with Crippen LogP contribution in [-0.2, 0) is 36.9 Å². The quantitative estimate of drug-likeness (QED) is 0.0578. The summed E-state index contributed by atoms with van der Waals surface area (Å²) in [6, 6.07) is 14.9. The molecule has 1 atom stereocenters. The van der Waals surface area contributed by atoms with Crippen molar-refractivity contribution in [2.24, 2.45) is 5.41 Å². The number of hydrogen-bond acceptors (Lipinski definition) is 13. The molecule has 19 heteroatoms. The highest BCUT2D eigenvalue weighted by molar-refractivity contribution is 7.13. The number of rotatable bonds is 19. The summed E-state index contributed by atoms with van der Waals surface area (Å²) in [6.07, 6.45) is 6.50. The minimum atomic E-state index is -0.725. The van der Waals surface area contributed by atoms with Crippen LogP contribution in [0.1, 0.15) is 79.4 Å². The maximum absolute atomic E-state index is 14.7. The minimum absolute atomic E-state index is 0.0109. The van der Waals surface area contributed by atoms with Crippen molar-refractivity contribution in [2.75, 3.05) is 56.6 Å². The van der Waals surface area contributed by atoms with Crippen LogP contribution >= 0.6 is 22.9 Å². The number of fused-ring (bicyclic) bond motifs is 1. The lowest BCUT2D eigenvalue weighted by Crippen LogP contribution is -2.52. The molecule has 0 spiro atoms. The first-order chi connectivity index (χ1) is 32.0. The van der Waals surface area contributed by atoms with Gasteiger partial charge in [0.1, 0.15) is 11.9 Å². The fourth-order valence-corrected chi connectivity index (χ4v) is 9.91. The number of ether oxygens (including phenoxy) is 2. The number of piperidine rings is 2. The average molecular weight is 945 g/mol. The average Bonchev–Trinajstić information content (AvgIpc) is 3.95. The second-order valence-electron chi connectivity index (χ2n) is 17.3. The van der Waals surface area contributed by atoms with Crippen molar-refractivity contribution >= 4 is 69.1 Å². The maximum Gasteiger partial charge on any atom is 0.255 e. The fourth-order valence-electron chi connectivity index (χ4n) is 9.21. The number of benzene rings is 2. The van der Waals surface area contributed by atoms with Crippen LogP contribution in [0.5, 0.6) is 5.75 Å². The third-order valence-corrected chi connectivity index (χ3v) is 13.8. The highest BCUT2D eigenvalue weighted by Crippen LogP contribution is 2.42. The lowest BCUT2D eigenvalue weighted by molar-refractivity contribution is -0.137. The van der Waals surface area contributed by atoms with E-state index >= 15 is 0 Å². The predicted octanol–water partition coefficient (Wildman–Crippen LogP) is 5.60. The Labute approximate surface area is 391 Å². The normalized spacial score (nSPS) is 21.3. The Morgan fingerprint density at radius 1 is 0.970 bits per heavy atom. The van der Waals surface area contributed by atoms with Crippen molar-refractivity contribution in [1.29, 1.82) is 0 Å². The van der Waals surface area contributed by atoms with Gasteiger partial charge in [-0.05, 0) is 81.3 Å². The first kappa shape index (κ1) is 47.0. The molecule has 5 amide bonds. The van der Waals surface area contributed by atoms with Crippen LogP contribution in [0, 0.1) is 11.2 Å². The van der Waals surface area contributed by atoms with Crippen molar-refractivity contribution in [3.05, 3.63) is 93.8 Å². The molecule has 350 valence electrons. The molecular formula is C47H55ClFN9O7S. The lowest BCUT2D eigenvalue weighted by Gasteiger charge is -2.41. The first-order valence-corrected chi connectivity index (χ1v) is 23.9. The molecule has 2 aromatic carbocycles. The van der Waals surface area contributed by atoms with Gasteiger partial charge >= 0.3 is 0 Å². The first-order valence-electron chi connectivity index (χ1n) is 22.6. The van der Waals surface area contributed by atoms with Gasteiger partial charge in [0.05, 0.1) is 29.8 Å². The van der Waals surface area contributed by atoms with Crippen molar-refractivity contribution in [1.82, 2.24) is 35.7 Å². The largest absolute Gasteiger partial charge is 0.487 e. The second kappa shape index (κ2) is 21.8. The predicted molar refractivity (Wildman–Crippen MR) is 247 cm³/mol. The molecule has 3 aliphatic heterocycles. The lowest BCUT2D eigenvalue weighted by atomic mass is 9.69. The molecule has 1 saturated carbocycles. The number of likely N-dealkylation sites (tertiary alicyclic amines) is 1. The van der Waals surface area contributed by atoms with Gasteiger partial charge in [0.25, 0.3) is 5.91 Å². The Morgan fingerprint density at radius 3 is 2.56 bits per heavy atom. The van der Waals surface area contributed by atoms with E-state index in [-0.39, 0.29) is 72.4 Å². The second-order valence-corrected chi connectivity index (χ2v) is 18.6. The fraction of sp³-hybridized carbons (Fsp3) is 0.468. The molecule has 2 saturated heterocycles. The molecule has 66 heavy (non-hydrogen) atoms. The van der Waals surface area contributed by atoms with E-state index in [9.17, 15) is 28.4 Å². The molecule has 0 radical (unpaired) electrons. The number of nitrogens with one attached hydrogen (secondary N) is 5. The standard InChI is InChI=1S/C47H55ClFN9O7S/c48-35-6-3-8-38(42(35)49)65-32-12-17-47(18-13-32,28-31-4-1-9-39(52-31)55-46-51-21-27-66-46)45(63)53-30-15-22-57(23-16-30)24-26-64-25-20-50-19-14-41(60)54-36-7-2-5-33-34(36)29-58(44(33)62)37-10-11-40(59)56-43(37)61/h1-9,21,27,30,32,37,50H,10-20,22-26,28-29H2,(H,53,63)(H,54,60)(H,51,52,55)(H,56,59,61). The van der Waals surface area contributed by atoms with Gasteiger partial charge in [-0.15, -0.1) is 11.3 Å². The molecule has 8 rings (SSSR count). The van der Waals surface area contributed by atoms with E-state index in [2.05, 4.69) is 36.5 Å². The molecule has 1 unspecified atom stereocenters. The van der Waals surface area contributed by atoms with E-state index in [4.69, 9.17) is 26.1 Å². The Balaban J connectivity index is 0.740. The summed E-state index contributed by atoms with van der Waals surface area (Å²) in [5.74, 6) is -1.09. The zero-order valence-corrected chi connectivity index (χ0v) is 38.2. The summed E-state index contributed by atoms with van der Waals surface area (Å²) in [6.45, 7) is 4.66. The van der Waals surface area contributed by atoms with Crippen molar-refractivity contribution in [3.63, 3.8) is 0 Å². The zero-order valence-electron chi connectivity index (χ0n) is 36.6. The number of halogens is 2. The highest BCUT2D eigenvalue weighted by Gasteiger charge is 2.44. The Morgan fingerprint density at radius 2 is 1.77 bits per heavy atom. The number of anilines is 3. The van der Waals surface area contributed by atoms with E-state index in [1.54, 1.807) is 36.5 Å². The monoisotopic (exact) mass is 943 g/mol. The number of imide groups is 1. The van der Waals surface area contributed by atoms with Crippen LogP contribution < -0.4 is 31.3 Å². The van der Waals surface area contributed by atoms with Crippen LogP contribution in [0.25, 0.3) is 0 Å². The van der Waals surface area contributed by atoms with Crippen molar-refractivity contribution in [3.8, 4) is 5.75 Å². The Kier molecular flexibility index (Phi) is 15.6. The molecule has 3 fully saturated rings. The van der Waals surface area contributed by atoms with Gasteiger partial charge in [0, 0.05) is 98.7 Å². The molecule has 0 bridgehead atoms. The van der Waals surface area contributed by atoms with E-state index < -0.39 is 23.2 Å². The van der Waals surface area contributed by atoms with Crippen LogP contribution in [0.2, 0.25) is 5.02 Å². The zero-order chi connectivity index (χ0) is 46.0. The molecule has 5 heterocycles. The van der Waals surface area contributed by atoms with Crippen LogP contribution in [0.15, 0.2) is 66.2 Å². The Hall–Kier alpha value is -5.53. The van der Waals surface area contributed by atoms with Gasteiger partial charge < -0.3 is 40.5 Å². The van der Waals surface area contributed by atoms with E-state index in [0.717, 1.165) is 43.3 Å². The van der Waals surface area contributed by atoms with Crippen molar-refractivity contribution < 1.29 is 37.8 Å². The molecule has 4 aromatic rings. The summed E-state index contributed by atoms with van der Waals surface area (Å²) in [5, 5.41) is 17.8. The van der Waals surface area contributed by atoms with Gasteiger partial charge in [-0.2, -0.15) is 0 Å². The van der Waals surface area contributed by atoms with Gasteiger partial charge in [0.2, 0.25) is 23.6 Å². The van der Waals surface area contributed by atoms with Crippen LogP contribution in [0.3, 0.4) is 0 Å².